The molecule has 0 aliphatic rings. The maximum absolute atomic E-state index is 11.2. The van der Waals surface area contributed by atoms with Crippen LogP contribution in [0.1, 0.15) is 36.7 Å². The maximum atomic E-state index is 11.2. The van der Waals surface area contributed by atoms with E-state index in [1.165, 1.54) is 6.92 Å². The molecule has 0 spiro atoms. The topological polar surface area (TPSA) is 59.3 Å². The van der Waals surface area contributed by atoms with Crippen molar-refractivity contribution in [2.75, 3.05) is 0 Å². The predicted octanol–water partition coefficient (Wildman–Crippen LogP) is 1.95. The molecule has 0 fully saturated rings. The molecule has 0 saturated heterocycles. The van der Waals surface area contributed by atoms with Crippen molar-refractivity contribution in [1.29, 1.82) is 0 Å². The lowest BCUT2D eigenvalue weighted by Gasteiger charge is -2.05. The fraction of sp³-hybridized carbons (Fsp3) is 0.455. The van der Waals surface area contributed by atoms with Crippen LogP contribution in [0.15, 0.2) is 18.3 Å². The molecule has 1 aromatic heterocycles. The molecule has 0 unspecified atom stereocenters. The van der Waals surface area contributed by atoms with Crippen LogP contribution in [0.3, 0.4) is 0 Å². The standard InChI is InChI=1S/C11H15NO3/c1-9(13)10-5-4-8-12(10)7-3-2-6-11(14)15/h4-5,8H,2-3,6-7H2,1H3,(H,14,15). The highest BCUT2D eigenvalue weighted by Crippen LogP contribution is 2.06. The van der Waals surface area contributed by atoms with E-state index in [2.05, 4.69) is 0 Å². The average molecular weight is 209 g/mol. The Bertz CT molecular complexity index is 354. The number of carbonyl (C=O) groups excluding carboxylic acids is 1. The molecular formula is C11H15NO3. The van der Waals surface area contributed by atoms with Crippen molar-refractivity contribution in [1.82, 2.24) is 4.57 Å². The maximum Gasteiger partial charge on any atom is 0.303 e. The molecule has 0 aliphatic carbocycles. The van der Waals surface area contributed by atoms with Gasteiger partial charge in [0.2, 0.25) is 0 Å². The second-order valence-electron chi connectivity index (χ2n) is 3.49. The van der Waals surface area contributed by atoms with E-state index in [9.17, 15) is 9.59 Å². The van der Waals surface area contributed by atoms with Gasteiger partial charge in [-0.2, -0.15) is 0 Å². The number of carbonyl (C=O) groups is 2. The predicted molar refractivity (Wildman–Crippen MR) is 55.9 cm³/mol. The van der Waals surface area contributed by atoms with Gasteiger partial charge < -0.3 is 9.67 Å². The molecule has 0 aliphatic heterocycles. The number of aromatic nitrogens is 1. The fourth-order valence-electron chi connectivity index (χ4n) is 1.49. The van der Waals surface area contributed by atoms with Crippen molar-refractivity contribution in [3.63, 3.8) is 0 Å². The Morgan fingerprint density at radius 1 is 1.40 bits per heavy atom. The van der Waals surface area contributed by atoms with Gasteiger partial charge in [-0.1, -0.05) is 0 Å². The summed E-state index contributed by atoms with van der Waals surface area (Å²) in [7, 11) is 0. The van der Waals surface area contributed by atoms with Crippen molar-refractivity contribution in [2.24, 2.45) is 0 Å². The van der Waals surface area contributed by atoms with E-state index in [4.69, 9.17) is 5.11 Å². The SMILES string of the molecule is CC(=O)c1cccn1CCCCC(=O)O. The monoisotopic (exact) mass is 209 g/mol. The molecule has 1 heterocycles. The van der Waals surface area contributed by atoms with Crippen molar-refractivity contribution >= 4 is 11.8 Å². The van der Waals surface area contributed by atoms with Crippen molar-refractivity contribution < 1.29 is 14.7 Å². The van der Waals surface area contributed by atoms with Crippen LogP contribution < -0.4 is 0 Å². The number of hydrogen-bond donors (Lipinski definition) is 1. The fourth-order valence-corrected chi connectivity index (χ4v) is 1.49. The Labute approximate surface area is 88.5 Å². The summed E-state index contributed by atoms with van der Waals surface area (Å²) in [5.74, 6) is -0.729. The van der Waals surface area contributed by atoms with Crippen molar-refractivity contribution in [3.8, 4) is 0 Å². The summed E-state index contributed by atoms with van der Waals surface area (Å²) >= 11 is 0. The van der Waals surface area contributed by atoms with Crippen LogP contribution >= 0.6 is 0 Å². The minimum Gasteiger partial charge on any atom is -0.481 e. The largest absolute Gasteiger partial charge is 0.481 e. The Morgan fingerprint density at radius 2 is 2.13 bits per heavy atom. The highest BCUT2D eigenvalue weighted by atomic mass is 16.4. The Morgan fingerprint density at radius 3 is 2.73 bits per heavy atom. The summed E-state index contributed by atoms with van der Waals surface area (Å²) < 4.78 is 1.87. The Kier molecular flexibility index (Phi) is 4.09. The molecule has 0 saturated carbocycles. The van der Waals surface area contributed by atoms with Crippen LogP contribution in [0.5, 0.6) is 0 Å². The molecule has 1 aromatic rings. The third-order valence-electron chi connectivity index (χ3n) is 2.23. The van der Waals surface area contributed by atoms with Gasteiger partial charge in [0.15, 0.2) is 5.78 Å². The lowest BCUT2D eigenvalue weighted by atomic mass is 10.2. The first-order valence-electron chi connectivity index (χ1n) is 4.99. The molecule has 0 atom stereocenters. The van der Waals surface area contributed by atoms with Gasteiger partial charge in [-0.15, -0.1) is 0 Å². The van der Waals surface area contributed by atoms with E-state index < -0.39 is 5.97 Å². The second-order valence-corrected chi connectivity index (χ2v) is 3.49. The van der Waals surface area contributed by atoms with E-state index in [0.29, 0.717) is 18.7 Å². The van der Waals surface area contributed by atoms with Crippen LogP contribution in [0, 0.1) is 0 Å². The molecule has 0 radical (unpaired) electrons. The molecular weight excluding hydrogens is 194 g/mol. The molecule has 1 rings (SSSR count). The number of aryl methyl sites for hydroxylation is 1. The first-order valence-corrected chi connectivity index (χ1v) is 4.99. The van der Waals surface area contributed by atoms with E-state index in [-0.39, 0.29) is 12.2 Å². The zero-order valence-corrected chi connectivity index (χ0v) is 8.77. The van der Waals surface area contributed by atoms with Gasteiger partial charge in [-0.25, -0.2) is 0 Å². The minimum absolute atomic E-state index is 0.0400. The van der Waals surface area contributed by atoms with Gasteiger partial charge in [0, 0.05) is 26.1 Å². The summed E-state index contributed by atoms with van der Waals surface area (Å²) in [5.41, 5.74) is 0.685. The van der Waals surface area contributed by atoms with Crippen molar-refractivity contribution in [3.05, 3.63) is 24.0 Å². The number of rotatable bonds is 6. The number of carboxylic acids is 1. The van der Waals surface area contributed by atoms with Gasteiger partial charge in [0.05, 0.1) is 5.69 Å². The van der Waals surface area contributed by atoms with Gasteiger partial charge >= 0.3 is 5.97 Å². The zero-order chi connectivity index (χ0) is 11.3. The first-order chi connectivity index (χ1) is 7.11. The van der Waals surface area contributed by atoms with Crippen molar-refractivity contribution in [2.45, 2.75) is 32.7 Å². The lowest BCUT2D eigenvalue weighted by molar-refractivity contribution is -0.137. The number of unbranched alkanes of at least 4 members (excludes halogenated alkanes) is 1. The van der Waals surface area contributed by atoms with Gasteiger partial charge in [-0.05, 0) is 25.0 Å². The molecule has 82 valence electrons. The third-order valence-corrected chi connectivity index (χ3v) is 2.23. The second kappa shape index (κ2) is 5.34. The van der Waals surface area contributed by atoms with Crippen LogP contribution in [-0.2, 0) is 11.3 Å². The van der Waals surface area contributed by atoms with Crippen LogP contribution in [0.2, 0.25) is 0 Å². The molecule has 0 amide bonds. The third kappa shape index (κ3) is 3.58. The van der Waals surface area contributed by atoms with Gasteiger partial charge in [0.1, 0.15) is 0 Å². The quantitative estimate of drug-likeness (QED) is 0.575. The Hall–Kier alpha value is -1.58. The molecule has 0 bridgehead atoms. The molecule has 4 nitrogen and oxygen atoms in total. The summed E-state index contributed by atoms with van der Waals surface area (Å²) in [6.07, 6.45) is 3.46. The van der Waals surface area contributed by atoms with E-state index in [0.717, 1.165) is 6.42 Å². The number of aliphatic carboxylic acids is 1. The Balaban J connectivity index is 2.40. The summed E-state index contributed by atoms with van der Waals surface area (Å²) in [4.78, 5) is 21.4. The van der Waals surface area contributed by atoms with Crippen LogP contribution in [-0.4, -0.2) is 21.4 Å². The smallest absolute Gasteiger partial charge is 0.303 e. The summed E-state index contributed by atoms with van der Waals surface area (Å²) in [5, 5.41) is 8.45. The van der Waals surface area contributed by atoms with E-state index in [1.807, 2.05) is 16.8 Å². The number of Topliss-reactive ketones (excluding diaryl/α,β-unsaturated/α-hetero) is 1. The summed E-state index contributed by atoms with van der Waals surface area (Å²) in [6.45, 7) is 2.23. The summed E-state index contributed by atoms with van der Waals surface area (Å²) in [6, 6.07) is 3.60. The zero-order valence-electron chi connectivity index (χ0n) is 8.77. The number of ketones is 1. The van der Waals surface area contributed by atoms with E-state index >= 15 is 0 Å². The number of carboxylic acid groups (broad SMARTS) is 1. The average Bonchev–Trinajstić information content (AvgIpc) is 2.60. The van der Waals surface area contributed by atoms with Crippen LogP contribution in [0.25, 0.3) is 0 Å². The normalized spacial score (nSPS) is 10.2. The number of hydrogen-bond acceptors (Lipinski definition) is 2. The number of nitrogens with zero attached hydrogens (tertiary/aromatic N) is 1. The molecule has 0 aromatic carbocycles. The highest BCUT2D eigenvalue weighted by Gasteiger charge is 2.05. The first kappa shape index (κ1) is 11.5. The van der Waals surface area contributed by atoms with Gasteiger partial charge in [0.25, 0.3) is 0 Å². The lowest BCUT2D eigenvalue weighted by Crippen LogP contribution is -2.06. The minimum atomic E-state index is -0.769. The van der Waals surface area contributed by atoms with Crippen LogP contribution in [0.4, 0.5) is 0 Å². The highest BCUT2D eigenvalue weighted by molar-refractivity contribution is 5.92. The van der Waals surface area contributed by atoms with Gasteiger partial charge in [-0.3, -0.25) is 9.59 Å². The van der Waals surface area contributed by atoms with E-state index in [1.54, 1.807) is 6.07 Å². The molecule has 15 heavy (non-hydrogen) atoms. The molecule has 1 N–H and O–H groups in total. The molecule has 4 heteroatoms.